The highest BCUT2D eigenvalue weighted by molar-refractivity contribution is 6.12. The van der Waals surface area contributed by atoms with E-state index in [4.69, 9.17) is 0 Å². The molecule has 1 aliphatic heterocycles. The molecule has 2 heterocycles. The molecule has 0 amide bonds. The van der Waals surface area contributed by atoms with Crippen molar-refractivity contribution < 1.29 is 0 Å². The van der Waals surface area contributed by atoms with Crippen molar-refractivity contribution in [2.45, 2.75) is 38.5 Å². The first-order chi connectivity index (χ1) is 30.8. The molecule has 1 aliphatic carbocycles. The van der Waals surface area contributed by atoms with E-state index in [1.54, 1.807) is 0 Å². The van der Waals surface area contributed by atoms with Crippen LogP contribution >= 0.6 is 0 Å². The molecule has 3 heteroatoms. The fourth-order valence-electron chi connectivity index (χ4n) is 10.8. The molecule has 9 aromatic carbocycles. The second kappa shape index (κ2) is 14.0. The van der Waals surface area contributed by atoms with Crippen LogP contribution in [0.25, 0.3) is 49.7 Å². The zero-order valence-electron chi connectivity index (χ0n) is 36.0. The summed E-state index contributed by atoms with van der Waals surface area (Å²) < 4.78 is 2.46. The molecule has 0 radical (unpaired) electrons. The Balaban J connectivity index is 1.01. The Morgan fingerprint density at radius 1 is 0.349 bits per heavy atom. The average Bonchev–Trinajstić information content (AvgIpc) is 3.77. The highest BCUT2D eigenvalue weighted by Gasteiger charge is 2.38. The fraction of sp³-hybridized carbons (Fsp3) is 0.100. The maximum Gasteiger partial charge on any atom is 0.0545 e. The van der Waals surface area contributed by atoms with E-state index in [-0.39, 0.29) is 10.8 Å². The van der Waals surface area contributed by atoms with Crippen LogP contribution in [0.15, 0.2) is 212 Å². The Morgan fingerprint density at radius 3 is 1.68 bits per heavy atom. The predicted octanol–water partition coefficient (Wildman–Crippen LogP) is 16.3. The molecule has 0 N–H and O–H groups in total. The average molecular weight is 810 g/mol. The van der Waals surface area contributed by atoms with Crippen molar-refractivity contribution in [3.63, 3.8) is 0 Å². The predicted molar refractivity (Wildman–Crippen MR) is 265 cm³/mol. The molecular formula is C60H47N3. The summed E-state index contributed by atoms with van der Waals surface area (Å²) in [5.74, 6) is 0. The molecule has 1 aromatic heterocycles. The van der Waals surface area contributed by atoms with Crippen LogP contribution in [0, 0.1) is 0 Å². The van der Waals surface area contributed by atoms with Crippen molar-refractivity contribution in [2.75, 3.05) is 9.80 Å². The molecule has 0 fully saturated rings. The van der Waals surface area contributed by atoms with Crippen LogP contribution in [0.3, 0.4) is 0 Å². The van der Waals surface area contributed by atoms with Gasteiger partial charge in [-0.3, -0.25) is 0 Å². The first-order valence-corrected chi connectivity index (χ1v) is 22.1. The van der Waals surface area contributed by atoms with Crippen molar-refractivity contribution in [2.24, 2.45) is 0 Å². The summed E-state index contributed by atoms with van der Waals surface area (Å²) >= 11 is 0. The second-order valence-corrected chi connectivity index (χ2v) is 18.2. The Bertz CT molecular complexity index is 3380. The van der Waals surface area contributed by atoms with Gasteiger partial charge in [0.2, 0.25) is 0 Å². The van der Waals surface area contributed by atoms with E-state index in [9.17, 15) is 0 Å². The van der Waals surface area contributed by atoms with Gasteiger partial charge in [0, 0.05) is 50.0 Å². The summed E-state index contributed by atoms with van der Waals surface area (Å²) in [4.78, 5) is 4.87. The molecular weight excluding hydrogens is 763 g/mol. The van der Waals surface area contributed by atoms with Crippen LogP contribution in [-0.4, -0.2) is 4.57 Å². The third kappa shape index (κ3) is 5.66. The fourth-order valence-corrected chi connectivity index (χ4v) is 10.8. The van der Waals surface area contributed by atoms with Crippen LogP contribution in [-0.2, 0) is 10.8 Å². The highest BCUT2D eigenvalue weighted by Crippen LogP contribution is 2.54. The number of anilines is 6. The van der Waals surface area contributed by atoms with Crippen LogP contribution < -0.4 is 9.80 Å². The van der Waals surface area contributed by atoms with E-state index in [2.05, 4.69) is 254 Å². The lowest BCUT2D eigenvalue weighted by Gasteiger charge is -2.42. The molecule has 0 saturated heterocycles. The van der Waals surface area contributed by atoms with Gasteiger partial charge in [0.25, 0.3) is 0 Å². The number of rotatable bonds is 6. The van der Waals surface area contributed by atoms with Gasteiger partial charge in [0.15, 0.2) is 0 Å². The molecule has 63 heavy (non-hydrogen) atoms. The lowest BCUT2D eigenvalue weighted by Crippen LogP contribution is -2.30. The van der Waals surface area contributed by atoms with Crippen molar-refractivity contribution in [1.29, 1.82) is 0 Å². The minimum absolute atomic E-state index is 0.112. The maximum atomic E-state index is 2.47. The van der Waals surface area contributed by atoms with Gasteiger partial charge in [-0.1, -0.05) is 155 Å². The van der Waals surface area contributed by atoms with E-state index in [0.29, 0.717) is 0 Å². The molecule has 0 spiro atoms. The van der Waals surface area contributed by atoms with Gasteiger partial charge in [-0.2, -0.15) is 0 Å². The SMILES string of the molecule is CC1(C)c2ccccc2-c2ccc(N(c3ccc(-c4ccccc4)cc3)c3ccc(-n4c5ccccc5c5cc6c(cc54)C(C)(C)c4ccccc4N6c4ccccc4)cc3)cc21. The van der Waals surface area contributed by atoms with Gasteiger partial charge >= 0.3 is 0 Å². The van der Waals surface area contributed by atoms with Crippen molar-refractivity contribution in [1.82, 2.24) is 4.57 Å². The maximum absolute atomic E-state index is 2.47. The standard InChI is InChI=1S/C60H47N3/c1-59(2)51-23-13-11-21-47(51)48-36-35-46(37-53(48)59)61(43-29-27-41(28-30-43)40-17-7-5-8-18-40)44-31-33-45(34-32-44)62-55-25-15-12-22-49(55)50-38-58-54(39-57(50)62)60(3,4)52-24-14-16-26-56(52)63(58)42-19-9-6-10-20-42/h5-39H,1-4H3. The number of aromatic nitrogens is 1. The van der Waals surface area contributed by atoms with Crippen LogP contribution in [0.5, 0.6) is 0 Å². The van der Waals surface area contributed by atoms with Gasteiger partial charge in [-0.25, -0.2) is 0 Å². The zero-order valence-corrected chi connectivity index (χ0v) is 36.0. The van der Waals surface area contributed by atoms with Gasteiger partial charge in [-0.15, -0.1) is 0 Å². The summed E-state index contributed by atoms with van der Waals surface area (Å²) in [6.07, 6.45) is 0. The van der Waals surface area contributed by atoms with Crippen LogP contribution in [0.2, 0.25) is 0 Å². The van der Waals surface area contributed by atoms with Crippen LogP contribution in [0.4, 0.5) is 34.1 Å². The topological polar surface area (TPSA) is 11.4 Å². The molecule has 0 unspecified atom stereocenters. The minimum Gasteiger partial charge on any atom is -0.310 e. The van der Waals surface area contributed by atoms with Gasteiger partial charge in [0.05, 0.1) is 22.4 Å². The largest absolute Gasteiger partial charge is 0.310 e. The van der Waals surface area contributed by atoms with Gasteiger partial charge < -0.3 is 14.4 Å². The van der Waals surface area contributed by atoms with E-state index in [1.807, 2.05) is 0 Å². The molecule has 302 valence electrons. The number of hydrogen-bond acceptors (Lipinski definition) is 2. The number of fused-ring (bicyclic) bond motifs is 8. The first kappa shape index (κ1) is 37.2. The number of nitrogens with zero attached hydrogens (tertiary/aromatic N) is 3. The zero-order chi connectivity index (χ0) is 42.5. The monoisotopic (exact) mass is 809 g/mol. The Hall–Kier alpha value is -7.62. The third-order valence-corrected chi connectivity index (χ3v) is 14.0. The van der Waals surface area contributed by atoms with Gasteiger partial charge in [-0.05, 0) is 129 Å². The summed E-state index contributed by atoms with van der Waals surface area (Å²) in [5.41, 5.74) is 20.6. The van der Waals surface area contributed by atoms with E-state index in [1.165, 1.54) is 77.7 Å². The third-order valence-electron chi connectivity index (χ3n) is 14.0. The lowest BCUT2D eigenvalue weighted by atomic mass is 9.73. The normalized spacial score (nSPS) is 14.3. The molecule has 2 aliphatic rings. The molecule has 0 saturated carbocycles. The Labute approximate surface area is 369 Å². The molecule has 10 aromatic rings. The molecule has 0 atom stereocenters. The lowest BCUT2D eigenvalue weighted by molar-refractivity contribution is 0.632. The second-order valence-electron chi connectivity index (χ2n) is 18.2. The van der Waals surface area contributed by atoms with E-state index in [0.717, 1.165) is 28.4 Å². The summed E-state index contributed by atoms with van der Waals surface area (Å²) in [6.45, 7) is 9.47. The molecule has 0 bridgehead atoms. The Kier molecular flexibility index (Phi) is 8.23. The van der Waals surface area contributed by atoms with E-state index < -0.39 is 0 Å². The number of hydrogen-bond donors (Lipinski definition) is 0. The summed E-state index contributed by atoms with van der Waals surface area (Å²) in [5, 5.41) is 2.48. The van der Waals surface area contributed by atoms with E-state index >= 15 is 0 Å². The van der Waals surface area contributed by atoms with Crippen molar-refractivity contribution >= 4 is 55.9 Å². The highest BCUT2D eigenvalue weighted by atomic mass is 15.2. The molecule has 12 rings (SSSR count). The quantitative estimate of drug-likeness (QED) is 0.166. The number of para-hydroxylation sites is 3. The Morgan fingerprint density at radius 2 is 0.921 bits per heavy atom. The molecule has 3 nitrogen and oxygen atoms in total. The minimum atomic E-state index is -0.223. The van der Waals surface area contributed by atoms with Crippen molar-refractivity contribution in [3.8, 4) is 27.9 Å². The number of benzene rings is 9. The smallest absolute Gasteiger partial charge is 0.0545 e. The van der Waals surface area contributed by atoms with Crippen molar-refractivity contribution in [3.05, 3.63) is 235 Å². The van der Waals surface area contributed by atoms with Crippen LogP contribution in [0.1, 0.15) is 49.9 Å². The summed E-state index contributed by atoms with van der Waals surface area (Å²) in [6, 6.07) is 78.3. The first-order valence-electron chi connectivity index (χ1n) is 22.1. The van der Waals surface area contributed by atoms with Gasteiger partial charge in [0.1, 0.15) is 0 Å². The summed E-state index contributed by atoms with van der Waals surface area (Å²) in [7, 11) is 0.